The molecule has 1 aliphatic rings. The first-order chi connectivity index (χ1) is 10.00. The molecule has 0 saturated carbocycles. The SMILES string of the molecule is O=S(=O)(c1cnc2ccc(Br)cc2c1Cl)C1COCCN1. The van der Waals surface area contributed by atoms with E-state index in [4.69, 9.17) is 16.3 Å². The van der Waals surface area contributed by atoms with Gasteiger partial charge in [0.1, 0.15) is 10.3 Å². The molecule has 0 amide bonds. The topological polar surface area (TPSA) is 68.3 Å². The molecule has 2 aromatic rings. The van der Waals surface area contributed by atoms with Crippen molar-refractivity contribution in [1.29, 1.82) is 0 Å². The molecule has 0 aliphatic carbocycles. The van der Waals surface area contributed by atoms with Gasteiger partial charge in [0, 0.05) is 22.6 Å². The van der Waals surface area contributed by atoms with Gasteiger partial charge in [-0.2, -0.15) is 0 Å². The number of fused-ring (bicyclic) bond motifs is 1. The maximum atomic E-state index is 12.7. The van der Waals surface area contributed by atoms with E-state index in [2.05, 4.69) is 26.2 Å². The molecular formula is C13H12BrClN2O3S. The van der Waals surface area contributed by atoms with Crippen molar-refractivity contribution in [1.82, 2.24) is 10.3 Å². The highest BCUT2D eigenvalue weighted by molar-refractivity contribution is 9.10. The minimum atomic E-state index is -3.64. The summed E-state index contributed by atoms with van der Waals surface area (Å²) in [5, 5.41) is 2.93. The average Bonchev–Trinajstić information content (AvgIpc) is 2.49. The lowest BCUT2D eigenvalue weighted by molar-refractivity contribution is 0.0978. The Kier molecular flexibility index (Phi) is 4.20. The normalized spacial score (nSPS) is 19.8. The first kappa shape index (κ1) is 15.2. The Morgan fingerprint density at radius 3 is 2.95 bits per heavy atom. The summed E-state index contributed by atoms with van der Waals surface area (Å²) in [6.07, 6.45) is 1.31. The first-order valence-corrected chi connectivity index (χ1v) is 9.00. The van der Waals surface area contributed by atoms with Crippen molar-refractivity contribution < 1.29 is 13.2 Å². The van der Waals surface area contributed by atoms with Crippen LogP contribution in [0.2, 0.25) is 5.02 Å². The van der Waals surface area contributed by atoms with Crippen LogP contribution < -0.4 is 5.32 Å². The van der Waals surface area contributed by atoms with Crippen LogP contribution >= 0.6 is 27.5 Å². The lowest BCUT2D eigenvalue weighted by atomic mass is 10.2. The fourth-order valence-electron chi connectivity index (χ4n) is 2.21. The van der Waals surface area contributed by atoms with Gasteiger partial charge in [-0.15, -0.1) is 0 Å². The molecule has 1 saturated heterocycles. The summed E-state index contributed by atoms with van der Waals surface area (Å²) in [4.78, 5) is 4.22. The van der Waals surface area contributed by atoms with Crippen LogP contribution in [-0.4, -0.2) is 38.5 Å². The van der Waals surface area contributed by atoms with Crippen molar-refractivity contribution in [2.24, 2.45) is 0 Å². The summed E-state index contributed by atoms with van der Waals surface area (Å²) in [6, 6.07) is 5.37. The molecule has 1 aliphatic heterocycles. The second-order valence-electron chi connectivity index (χ2n) is 4.66. The summed E-state index contributed by atoms with van der Waals surface area (Å²) >= 11 is 9.66. The Labute approximate surface area is 135 Å². The van der Waals surface area contributed by atoms with Crippen LogP contribution in [0.4, 0.5) is 0 Å². The average molecular weight is 392 g/mol. The highest BCUT2D eigenvalue weighted by atomic mass is 79.9. The number of benzene rings is 1. The van der Waals surface area contributed by atoms with Gasteiger partial charge in [0.2, 0.25) is 0 Å². The van der Waals surface area contributed by atoms with Crippen molar-refractivity contribution in [3.63, 3.8) is 0 Å². The van der Waals surface area contributed by atoms with Crippen molar-refractivity contribution in [2.45, 2.75) is 10.3 Å². The Morgan fingerprint density at radius 2 is 2.24 bits per heavy atom. The molecule has 0 bridgehead atoms. The third-order valence-electron chi connectivity index (χ3n) is 3.30. The zero-order valence-corrected chi connectivity index (χ0v) is 14.0. The van der Waals surface area contributed by atoms with E-state index in [1.807, 2.05) is 6.07 Å². The molecule has 1 atom stereocenters. The number of morpholine rings is 1. The number of nitrogens with zero attached hydrogens (tertiary/aromatic N) is 1. The van der Waals surface area contributed by atoms with Gasteiger partial charge in [0.05, 0.1) is 23.8 Å². The number of hydrogen-bond acceptors (Lipinski definition) is 5. The number of rotatable bonds is 2. The van der Waals surface area contributed by atoms with Crippen LogP contribution in [0, 0.1) is 0 Å². The zero-order chi connectivity index (χ0) is 15.0. The van der Waals surface area contributed by atoms with E-state index in [1.54, 1.807) is 12.1 Å². The van der Waals surface area contributed by atoms with Gasteiger partial charge < -0.3 is 4.74 Å². The molecule has 5 nitrogen and oxygen atoms in total. The molecule has 2 heterocycles. The second-order valence-corrected chi connectivity index (χ2v) is 8.05. The van der Waals surface area contributed by atoms with Gasteiger partial charge in [-0.25, -0.2) is 8.42 Å². The van der Waals surface area contributed by atoms with Crippen LogP contribution in [0.1, 0.15) is 0 Å². The van der Waals surface area contributed by atoms with Crippen LogP contribution in [0.15, 0.2) is 33.8 Å². The lowest BCUT2D eigenvalue weighted by Crippen LogP contribution is -2.46. The van der Waals surface area contributed by atoms with Crippen LogP contribution in [0.3, 0.4) is 0 Å². The van der Waals surface area contributed by atoms with Gasteiger partial charge in [-0.05, 0) is 18.2 Å². The van der Waals surface area contributed by atoms with E-state index in [9.17, 15) is 8.42 Å². The Balaban J connectivity index is 2.13. The van der Waals surface area contributed by atoms with Crippen molar-refractivity contribution in [3.05, 3.63) is 33.9 Å². The number of ether oxygens (including phenoxy) is 1. The van der Waals surface area contributed by atoms with E-state index < -0.39 is 15.2 Å². The monoisotopic (exact) mass is 390 g/mol. The molecule has 0 radical (unpaired) electrons. The minimum absolute atomic E-state index is 0.0257. The minimum Gasteiger partial charge on any atom is -0.377 e. The maximum Gasteiger partial charge on any atom is 0.199 e. The number of nitrogens with one attached hydrogen (secondary N) is 1. The van der Waals surface area contributed by atoms with Crippen LogP contribution in [-0.2, 0) is 14.6 Å². The number of halogens is 2. The van der Waals surface area contributed by atoms with Crippen molar-refractivity contribution in [2.75, 3.05) is 19.8 Å². The van der Waals surface area contributed by atoms with Gasteiger partial charge in [-0.1, -0.05) is 27.5 Å². The number of hydrogen-bond donors (Lipinski definition) is 1. The van der Waals surface area contributed by atoms with Gasteiger partial charge in [0.15, 0.2) is 9.84 Å². The number of sulfone groups is 1. The molecule has 1 aromatic heterocycles. The molecule has 1 N–H and O–H groups in total. The summed E-state index contributed by atoms with van der Waals surface area (Å²) < 4.78 is 31.4. The maximum absolute atomic E-state index is 12.7. The highest BCUT2D eigenvalue weighted by Crippen LogP contribution is 2.32. The Morgan fingerprint density at radius 1 is 1.43 bits per heavy atom. The van der Waals surface area contributed by atoms with E-state index in [-0.39, 0.29) is 16.5 Å². The zero-order valence-electron chi connectivity index (χ0n) is 10.8. The molecule has 0 spiro atoms. The largest absolute Gasteiger partial charge is 0.377 e. The van der Waals surface area contributed by atoms with E-state index in [1.165, 1.54) is 6.20 Å². The van der Waals surface area contributed by atoms with Gasteiger partial charge in [-0.3, -0.25) is 10.3 Å². The van der Waals surface area contributed by atoms with Crippen molar-refractivity contribution in [3.8, 4) is 0 Å². The molecule has 3 rings (SSSR count). The number of pyridine rings is 1. The molecule has 1 unspecified atom stereocenters. The van der Waals surface area contributed by atoms with E-state index in [0.29, 0.717) is 24.1 Å². The molecule has 21 heavy (non-hydrogen) atoms. The Bertz CT molecular complexity index is 791. The third kappa shape index (κ3) is 2.80. The predicted molar refractivity (Wildman–Crippen MR) is 84.2 cm³/mol. The predicted octanol–water partition coefficient (Wildman–Crippen LogP) is 2.37. The Hall–Kier alpha value is -0.730. The molecule has 1 aromatic carbocycles. The van der Waals surface area contributed by atoms with E-state index >= 15 is 0 Å². The van der Waals surface area contributed by atoms with Gasteiger partial charge >= 0.3 is 0 Å². The summed E-state index contributed by atoms with van der Waals surface area (Å²) in [6.45, 7) is 1.10. The van der Waals surface area contributed by atoms with Crippen LogP contribution in [0.5, 0.6) is 0 Å². The lowest BCUT2D eigenvalue weighted by Gasteiger charge is -2.24. The summed E-state index contributed by atoms with van der Waals surface area (Å²) in [5.74, 6) is 0. The molecule has 8 heteroatoms. The smallest absolute Gasteiger partial charge is 0.199 e. The molecular weight excluding hydrogens is 380 g/mol. The second kappa shape index (κ2) is 5.81. The quantitative estimate of drug-likeness (QED) is 0.851. The first-order valence-electron chi connectivity index (χ1n) is 6.29. The highest BCUT2D eigenvalue weighted by Gasteiger charge is 2.32. The fourth-order valence-corrected chi connectivity index (χ4v) is 4.57. The molecule has 112 valence electrons. The van der Waals surface area contributed by atoms with Crippen LogP contribution in [0.25, 0.3) is 10.9 Å². The van der Waals surface area contributed by atoms with Gasteiger partial charge in [0.25, 0.3) is 0 Å². The van der Waals surface area contributed by atoms with Crippen molar-refractivity contribution >= 4 is 48.3 Å². The summed E-state index contributed by atoms with van der Waals surface area (Å²) in [7, 11) is -3.64. The number of aromatic nitrogens is 1. The fraction of sp³-hybridized carbons (Fsp3) is 0.308. The third-order valence-corrected chi connectivity index (χ3v) is 6.29. The van der Waals surface area contributed by atoms with E-state index in [0.717, 1.165) is 4.47 Å². The standard InChI is InChI=1S/C13H12BrClN2O3S/c14-8-1-2-10-9(5-8)13(15)11(6-17-10)21(18,19)12-7-20-4-3-16-12/h1-2,5-6,12,16H,3-4,7H2. The molecule has 1 fully saturated rings. The summed E-state index contributed by atoms with van der Waals surface area (Å²) in [5.41, 5.74) is 0.648.